The Bertz CT molecular complexity index is 1170. The number of carbonyl (C=O) groups is 1. The topological polar surface area (TPSA) is 83.7 Å². The average Bonchev–Trinajstić information content (AvgIpc) is 2.78. The summed E-state index contributed by atoms with van der Waals surface area (Å²) < 4.78 is 11.8. The maximum absolute atomic E-state index is 12.5. The zero-order valence-corrected chi connectivity index (χ0v) is 18.8. The van der Waals surface area contributed by atoms with E-state index >= 15 is 0 Å². The third-order valence-corrected chi connectivity index (χ3v) is 5.00. The second kappa shape index (κ2) is 10.6. The Morgan fingerprint density at radius 1 is 1.19 bits per heavy atom. The quantitative estimate of drug-likeness (QED) is 0.353. The molecule has 31 heavy (non-hydrogen) atoms. The molecule has 0 aliphatic heterocycles. The molecule has 156 valence electrons. The van der Waals surface area contributed by atoms with Gasteiger partial charge in [0.05, 0.1) is 30.5 Å². The van der Waals surface area contributed by atoms with Crippen molar-refractivity contribution in [2.45, 2.75) is 6.61 Å². The Balaban J connectivity index is 1.75. The lowest BCUT2D eigenvalue weighted by molar-refractivity contribution is 0.0952. The zero-order chi connectivity index (χ0) is 22.2. The van der Waals surface area contributed by atoms with Gasteiger partial charge in [0.1, 0.15) is 18.1 Å². The number of nitrogens with one attached hydrogen (secondary N) is 1. The average molecular weight is 499 g/mol. The van der Waals surface area contributed by atoms with E-state index in [1.807, 2.05) is 12.1 Å². The fraction of sp³-hybridized carbons (Fsp3) is 0.0870. The Labute approximate surface area is 193 Å². The molecule has 0 heterocycles. The van der Waals surface area contributed by atoms with Crippen LogP contribution in [0.25, 0.3) is 0 Å². The largest absolute Gasteiger partial charge is 0.496 e. The summed E-state index contributed by atoms with van der Waals surface area (Å²) in [7, 11) is 1.49. The lowest BCUT2D eigenvalue weighted by atomic mass is 10.1. The van der Waals surface area contributed by atoms with Gasteiger partial charge in [-0.25, -0.2) is 5.43 Å². The van der Waals surface area contributed by atoms with E-state index < -0.39 is 5.91 Å². The number of ether oxygens (including phenoxy) is 2. The van der Waals surface area contributed by atoms with Crippen LogP contribution in [0.2, 0.25) is 5.02 Å². The molecule has 0 unspecified atom stereocenters. The Morgan fingerprint density at radius 3 is 2.74 bits per heavy atom. The predicted octanol–water partition coefficient (Wildman–Crippen LogP) is 5.33. The number of benzene rings is 3. The first-order valence-electron chi connectivity index (χ1n) is 9.09. The number of nitrogens with zero attached hydrogens (tertiary/aromatic N) is 2. The summed E-state index contributed by atoms with van der Waals surface area (Å²) in [5.74, 6) is 0.510. The van der Waals surface area contributed by atoms with E-state index in [1.54, 1.807) is 48.5 Å². The highest BCUT2D eigenvalue weighted by Crippen LogP contribution is 2.24. The Hall–Kier alpha value is -3.34. The molecule has 0 fully saturated rings. The number of carbonyl (C=O) groups excluding carboxylic acids is 1. The molecule has 6 nitrogen and oxygen atoms in total. The third-order valence-electron chi connectivity index (χ3n) is 4.27. The summed E-state index contributed by atoms with van der Waals surface area (Å²) in [6.07, 6.45) is 1.44. The fourth-order valence-electron chi connectivity index (χ4n) is 2.74. The van der Waals surface area contributed by atoms with Crippen LogP contribution in [0, 0.1) is 11.3 Å². The van der Waals surface area contributed by atoms with Crippen molar-refractivity contribution in [1.82, 2.24) is 5.43 Å². The van der Waals surface area contributed by atoms with E-state index in [4.69, 9.17) is 21.1 Å². The van der Waals surface area contributed by atoms with Crippen molar-refractivity contribution in [2.24, 2.45) is 5.10 Å². The standard InChI is InChI=1S/C23H17BrClN3O3/c1-30-22-8-6-18(24)11-20(22)23(29)28-27-13-17-10-19(25)7-9-21(17)31-14-16-5-3-2-4-15(16)12-26/h2-11,13H,14H2,1H3,(H,28,29)/b27-13-. The van der Waals surface area contributed by atoms with Crippen molar-refractivity contribution in [3.8, 4) is 17.6 Å². The second-order valence-corrected chi connectivity index (χ2v) is 7.64. The molecule has 3 aromatic rings. The number of nitriles is 1. The van der Waals surface area contributed by atoms with Crippen molar-refractivity contribution < 1.29 is 14.3 Å². The summed E-state index contributed by atoms with van der Waals surface area (Å²) in [6.45, 7) is 0.202. The number of rotatable bonds is 7. The summed E-state index contributed by atoms with van der Waals surface area (Å²) >= 11 is 9.44. The Kier molecular flexibility index (Phi) is 7.65. The monoisotopic (exact) mass is 497 g/mol. The molecular weight excluding hydrogens is 482 g/mol. The van der Waals surface area contributed by atoms with Gasteiger partial charge in [0.25, 0.3) is 5.91 Å². The van der Waals surface area contributed by atoms with Crippen molar-refractivity contribution >= 4 is 39.7 Å². The smallest absolute Gasteiger partial charge is 0.275 e. The van der Waals surface area contributed by atoms with E-state index in [-0.39, 0.29) is 6.61 Å². The van der Waals surface area contributed by atoms with Crippen molar-refractivity contribution in [3.63, 3.8) is 0 Å². The maximum Gasteiger partial charge on any atom is 0.275 e. The van der Waals surface area contributed by atoms with Crippen LogP contribution in [0.1, 0.15) is 27.0 Å². The molecule has 3 rings (SSSR count). The van der Waals surface area contributed by atoms with Crippen LogP contribution < -0.4 is 14.9 Å². The highest BCUT2D eigenvalue weighted by atomic mass is 79.9. The van der Waals surface area contributed by atoms with Gasteiger partial charge in [0, 0.05) is 20.6 Å². The molecule has 0 aliphatic rings. The van der Waals surface area contributed by atoms with Gasteiger partial charge in [-0.05, 0) is 42.5 Å². The first kappa shape index (κ1) is 22.3. The normalized spacial score (nSPS) is 10.5. The molecule has 1 amide bonds. The highest BCUT2D eigenvalue weighted by Gasteiger charge is 2.12. The highest BCUT2D eigenvalue weighted by molar-refractivity contribution is 9.10. The van der Waals surface area contributed by atoms with Crippen molar-refractivity contribution in [1.29, 1.82) is 5.26 Å². The van der Waals surface area contributed by atoms with Crippen LogP contribution in [0.3, 0.4) is 0 Å². The third kappa shape index (κ3) is 5.85. The van der Waals surface area contributed by atoms with E-state index in [0.717, 1.165) is 10.0 Å². The second-order valence-electron chi connectivity index (χ2n) is 6.28. The molecule has 0 aromatic heterocycles. The number of methoxy groups -OCH3 is 1. The van der Waals surface area contributed by atoms with Crippen molar-refractivity contribution in [3.05, 3.63) is 92.4 Å². The summed E-state index contributed by atoms with van der Waals surface area (Å²) in [6, 6.07) is 19.5. The molecule has 3 aromatic carbocycles. The van der Waals surface area contributed by atoms with Crippen LogP contribution in [-0.2, 0) is 6.61 Å². The first-order valence-corrected chi connectivity index (χ1v) is 10.3. The molecule has 0 radical (unpaired) electrons. The fourth-order valence-corrected chi connectivity index (χ4v) is 3.28. The van der Waals surface area contributed by atoms with Crippen molar-refractivity contribution in [2.75, 3.05) is 7.11 Å². The molecular formula is C23H17BrClN3O3. The van der Waals surface area contributed by atoms with Gasteiger partial charge in [-0.1, -0.05) is 45.7 Å². The SMILES string of the molecule is COc1ccc(Br)cc1C(=O)N/N=C\c1cc(Cl)ccc1OCc1ccccc1C#N. The van der Waals surface area contributed by atoms with Gasteiger partial charge in [-0.2, -0.15) is 10.4 Å². The predicted molar refractivity (Wildman–Crippen MR) is 123 cm³/mol. The summed E-state index contributed by atoms with van der Waals surface area (Å²) in [5.41, 5.74) is 4.69. The molecule has 0 spiro atoms. The van der Waals surface area contributed by atoms with E-state index in [0.29, 0.717) is 33.2 Å². The molecule has 8 heteroatoms. The zero-order valence-electron chi connectivity index (χ0n) is 16.4. The Morgan fingerprint density at radius 2 is 1.97 bits per heavy atom. The van der Waals surface area contributed by atoms with E-state index in [1.165, 1.54) is 13.3 Å². The van der Waals surface area contributed by atoms with Gasteiger partial charge in [0.2, 0.25) is 0 Å². The molecule has 0 saturated carbocycles. The molecule has 0 aliphatic carbocycles. The maximum atomic E-state index is 12.5. The molecule has 0 bridgehead atoms. The number of amides is 1. The van der Waals surface area contributed by atoms with Crippen LogP contribution in [0.15, 0.2) is 70.2 Å². The van der Waals surface area contributed by atoms with Crippen LogP contribution >= 0.6 is 27.5 Å². The first-order chi connectivity index (χ1) is 15.0. The summed E-state index contributed by atoms with van der Waals surface area (Å²) in [5, 5.41) is 13.7. The minimum atomic E-state index is -0.429. The van der Waals surface area contributed by atoms with Gasteiger partial charge in [-0.15, -0.1) is 0 Å². The lowest BCUT2D eigenvalue weighted by Gasteiger charge is -2.11. The van der Waals surface area contributed by atoms with Gasteiger partial charge < -0.3 is 9.47 Å². The number of halogens is 2. The molecule has 0 atom stereocenters. The lowest BCUT2D eigenvalue weighted by Crippen LogP contribution is -2.18. The van der Waals surface area contributed by atoms with Gasteiger partial charge >= 0.3 is 0 Å². The van der Waals surface area contributed by atoms with E-state index in [2.05, 4.69) is 32.5 Å². The molecule has 0 saturated heterocycles. The van der Waals surface area contributed by atoms with Crippen LogP contribution in [0.5, 0.6) is 11.5 Å². The van der Waals surface area contributed by atoms with Crippen LogP contribution in [-0.4, -0.2) is 19.2 Å². The minimum Gasteiger partial charge on any atom is -0.496 e. The number of hydrogen-bond donors (Lipinski definition) is 1. The number of hydrazone groups is 1. The van der Waals surface area contributed by atoms with E-state index in [9.17, 15) is 10.1 Å². The minimum absolute atomic E-state index is 0.202. The van der Waals surface area contributed by atoms with Crippen LogP contribution in [0.4, 0.5) is 0 Å². The molecule has 1 N–H and O–H groups in total. The van der Waals surface area contributed by atoms with Gasteiger partial charge in [-0.3, -0.25) is 4.79 Å². The summed E-state index contributed by atoms with van der Waals surface area (Å²) in [4.78, 5) is 12.5. The van der Waals surface area contributed by atoms with Gasteiger partial charge in [0.15, 0.2) is 0 Å². The number of hydrogen-bond acceptors (Lipinski definition) is 5.